The van der Waals surface area contributed by atoms with Crippen LogP contribution in [0, 0.1) is 5.92 Å². The van der Waals surface area contributed by atoms with Gasteiger partial charge in [0.1, 0.15) is 0 Å². The minimum absolute atomic E-state index is 0. The first-order chi connectivity index (χ1) is 10.1. The van der Waals surface area contributed by atoms with Crippen LogP contribution >= 0.6 is 0 Å². The SMILES string of the molecule is C.CCC(C)COCCCCOCC(O)CC.CCCNC. The Labute approximate surface area is 140 Å². The average Bonchev–Trinajstić information content (AvgIpc) is 2.50. The molecule has 0 rings (SSSR count). The first kappa shape index (κ1) is 26.7. The predicted molar refractivity (Wildman–Crippen MR) is 97.6 cm³/mol. The highest BCUT2D eigenvalue weighted by molar-refractivity contribution is 4.49. The summed E-state index contributed by atoms with van der Waals surface area (Å²) in [6.07, 6.45) is 4.92. The molecule has 0 aliphatic heterocycles. The summed E-state index contributed by atoms with van der Waals surface area (Å²) < 4.78 is 10.9. The molecule has 0 heterocycles. The zero-order chi connectivity index (χ0) is 16.3. The van der Waals surface area contributed by atoms with Gasteiger partial charge in [-0.3, -0.25) is 0 Å². The largest absolute Gasteiger partial charge is 0.391 e. The van der Waals surface area contributed by atoms with Gasteiger partial charge in [0, 0.05) is 19.8 Å². The van der Waals surface area contributed by atoms with E-state index in [0.717, 1.165) is 45.6 Å². The minimum atomic E-state index is -0.304. The maximum atomic E-state index is 9.24. The average molecular weight is 322 g/mol. The Kier molecular flexibility index (Phi) is 28.1. The third-order valence-corrected chi connectivity index (χ3v) is 3.21. The van der Waals surface area contributed by atoms with Gasteiger partial charge in [-0.2, -0.15) is 0 Å². The molecule has 2 N–H and O–H groups in total. The van der Waals surface area contributed by atoms with Gasteiger partial charge in [-0.25, -0.2) is 0 Å². The summed E-state index contributed by atoms with van der Waals surface area (Å²) in [4.78, 5) is 0. The van der Waals surface area contributed by atoms with Gasteiger partial charge in [0.25, 0.3) is 0 Å². The fourth-order valence-electron chi connectivity index (χ4n) is 1.40. The van der Waals surface area contributed by atoms with Crippen molar-refractivity contribution in [3.8, 4) is 0 Å². The second-order valence-corrected chi connectivity index (χ2v) is 5.54. The number of aliphatic hydroxyl groups is 1. The van der Waals surface area contributed by atoms with Crippen LogP contribution in [0.2, 0.25) is 0 Å². The zero-order valence-electron chi connectivity index (χ0n) is 15.0. The van der Waals surface area contributed by atoms with Crippen molar-refractivity contribution in [2.24, 2.45) is 5.92 Å². The molecule has 0 aliphatic carbocycles. The molecule has 2 unspecified atom stereocenters. The fourth-order valence-corrected chi connectivity index (χ4v) is 1.40. The number of hydrogen-bond donors (Lipinski definition) is 2. The molecule has 0 amide bonds. The van der Waals surface area contributed by atoms with Crippen molar-refractivity contribution >= 4 is 0 Å². The number of rotatable bonds is 13. The maximum Gasteiger partial charge on any atom is 0.0771 e. The molecule has 0 radical (unpaired) electrons. The van der Waals surface area contributed by atoms with Crippen LogP contribution in [0.4, 0.5) is 0 Å². The second kappa shape index (κ2) is 23.1. The molecule has 0 saturated carbocycles. The Hall–Kier alpha value is -0.160. The van der Waals surface area contributed by atoms with E-state index < -0.39 is 0 Å². The maximum absolute atomic E-state index is 9.24. The van der Waals surface area contributed by atoms with Crippen LogP contribution in [0.5, 0.6) is 0 Å². The van der Waals surface area contributed by atoms with Crippen LogP contribution in [-0.2, 0) is 9.47 Å². The lowest BCUT2D eigenvalue weighted by Gasteiger charge is -2.10. The first-order valence-corrected chi connectivity index (χ1v) is 8.60. The highest BCUT2D eigenvalue weighted by Crippen LogP contribution is 2.01. The third kappa shape index (κ3) is 24.8. The highest BCUT2D eigenvalue weighted by atomic mass is 16.5. The van der Waals surface area contributed by atoms with E-state index in [-0.39, 0.29) is 13.5 Å². The van der Waals surface area contributed by atoms with Gasteiger partial charge >= 0.3 is 0 Å². The van der Waals surface area contributed by atoms with Gasteiger partial charge in [-0.05, 0) is 45.2 Å². The number of nitrogens with one attached hydrogen (secondary N) is 1. The molecule has 0 aromatic rings. The molecular formula is C18H43NO3. The molecule has 4 nitrogen and oxygen atoms in total. The standard InChI is InChI=1S/C13H28O3.C4H11N.CH4/c1-4-12(3)10-15-8-6-7-9-16-11-13(14)5-2;1-3-4-5-2;/h12-14H,4-11H2,1-3H3;5H,3-4H2,1-2H3;1H4. The molecule has 4 heteroatoms. The van der Waals surface area contributed by atoms with E-state index in [2.05, 4.69) is 26.1 Å². The van der Waals surface area contributed by atoms with Crippen LogP contribution in [0.3, 0.4) is 0 Å². The second-order valence-electron chi connectivity index (χ2n) is 5.54. The topological polar surface area (TPSA) is 50.7 Å². The van der Waals surface area contributed by atoms with E-state index in [1.54, 1.807) is 0 Å². The first-order valence-electron chi connectivity index (χ1n) is 8.60. The van der Waals surface area contributed by atoms with Crippen LogP contribution in [0.15, 0.2) is 0 Å². The molecule has 0 bridgehead atoms. The monoisotopic (exact) mass is 321 g/mol. The lowest BCUT2D eigenvalue weighted by atomic mass is 10.1. The number of unbranched alkanes of at least 4 members (excludes halogenated alkanes) is 1. The zero-order valence-corrected chi connectivity index (χ0v) is 15.0. The molecule has 0 aromatic heterocycles. The normalized spacial score (nSPS) is 12.8. The Morgan fingerprint density at radius 2 is 1.50 bits per heavy atom. The van der Waals surface area contributed by atoms with Gasteiger partial charge in [0.05, 0.1) is 12.7 Å². The summed E-state index contributed by atoms with van der Waals surface area (Å²) in [5, 5.41) is 12.3. The minimum Gasteiger partial charge on any atom is -0.391 e. The van der Waals surface area contributed by atoms with Gasteiger partial charge < -0.3 is 19.9 Å². The number of hydrogen-bond acceptors (Lipinski definition) is 4. The Bertz CT molecular complexity index is 162. The molecule has 2 atom stereocenters. The summed E-state index contributed by atoms with van der Waals surface area (Å²) in [6.45, 7) is 12.5. The molecule has 0 saturated heterocycles. The van der Waals surface area contributed by atoms with Crippen LogP contribution in [-0.4, -0.2) is 51.2 Å². The molecule has 0 aliphatic rings. The predicted octanol–water partition coefficient (Wildman–Crippen LogP) is 3.87. The molecule has 138 valence electrons. The van der Waals surface area contributed by atoms with Gasteiger partial charge in [0.2, 0.25) is 0 Å². The molecule has 0 fully saturated rings. The van der Waals surface area contributed by atoms with Crippen molar-refractivity contribution in [1.29, 1.82) is 0 Å². The van der Waals surface area contributed by atoms with Crippen molar-refractivity contribution in [2.75, 3.05) is 40.0 Å². The van der Waals surface area contributed by atoms with E-state index in [9.17, 15) is 5.11 Å². The van der Waals surface area contributed by atoms with E-state index in [0.29, 0.717) is 12.5 Å². The third-order valence-electron chi connectivity index (χ3n) is 3.21. The summed E-state index contributed by atoms with van der Waals surface area (Å²) >= 11 is 0. The number of ether oxygens (including phenoxy) is 2. The lowest BCUT2D eigenvalue weighted by molar-refractivity contribution is 0.0296. The van der Waals surface area contributed by atoms with Crippen LogP contribution < -0.4 is 5.32 Å². The van der Waals surface area contributed by atoms with Crippen LogP contribution in [0.1, 0.15) is 67.2 Å². The summed E-state index contributed by atoms with van der Waals surface area (Å²) in [6, 6.07) is 0. The summed E-state index contributed by atoms with van der Waals surface area (Å²) in [7, 11) is 1.96. The molecule has 22 heavy (non-hydrogen) atoms. The molecular weight excluding hydrogens is 278 g/mol. The van der Waals surface area contributed by atoms with Gasteiger partial charge in [0.15, 0.2) is 0 Å². The van der Waals surface area contributed by atoms with Gasteiger partial charge in [-0.1, -0.05) is 41.5 Å². The van der Waals surface area contributed by atoms with E-state index >= 15 is 0 Å². The highest BCUT2D eigenvalue weighted by Gasteiger charge is 2.00. The quantitative estimate of drug-likeness (QED) is 0.506. The summed E-state index contributed by atoms with van der Waals surface area (Å²) in [5.41, 5.74) is 0. The van der Waals surface area contributed by atoms with E-state index in [1.807, 2.05) is 14.0 Å². The van der Waals surface area contributed by atoms with E-state index in [4.69, 9.17) is 9.47 Å². The van der Waals surface area contributed by atoms with Crippen molar-refractivity contribution in [3.63, 3.8) is 0 Å². The fraction of sp³-hybridized carbons (Fsp3) is 1.00. The van der Waals surface area contributed by atoms with Crippen molar-refractivity contribution in [3.05, 3.63) is 0 Å². The summed E-state index contributed by atoms with van der Waals surface area (Å²) in [5.74, 6) is 0.663. The Balaban J connectivity index is -0.000000520. The van der Waals surface area contributed by atoms with Crippen molar-refractivity contribution in [1.82, 2.24) is 5.32 Å². The number of aliphatic hydroxyl groups excluding tert-OH is 1. The Morgan fingerprint density at radius 3 is 1.86 bits per heavy atom. The molecule has 0 spiro atoms. The lowest BCUT2D eigenvalue weighted by Crippen LogP contribution is -2.14. The van der Waals surface area contributed by atoms with Gasteiger partial charge in [-0.15, -0.1) is 0 Å². The van der Waals surface area contributed by atoms with Crippen molar-refractivity contribution in [2.45, 2.75) is 73.3 Å². The van der Waals surface area contributed by atoms with Crippen LogP contribution in [0.25, 0.3) is 0 Å². The smallest absolute Gasteiger partial charge is 0.0771 e. The Morgan fingerprint density at radius 1 is 0.955 bits per heavy atom. The van der Waals surface area contributed by atoms with E-state index in [1.165, 1.54) is 12.8 Å². The van der Waals surface area contributed by atoms with Crippen molar-refractivity contribution < 1.29 is 14.6 Å². The molecule has 0 aromatic carbocycles.